The third-order valence-electron chi connectivity index (χ3n) is 15.4. The minimum absolute atomic E-state index is 0.0285. The zero-order valence-electron chi connectivity index (χ0n) is 41.9. The molecule has 0 bridgehead atoms. The van der Waals surface area contributed by atoms with Crippen LogP contribution in [0.5, 0.6) is 17.2 Å². The second-order valence-corrected chi connectivity index (χ2v) is 19.6. The van der Waals surface area contributed by atoms with E-state index < -0.39 is 65.0 Å². The quantitative estimate of drug-likeness (QED) is 0.0544. The predicted molar refractivity (Wildman–Crippen MR) is 272 cm³/mol. The van der Waals surface area contributed by atoms with Crippen LogP contribution in [0.3, 0.4) is 0 Å². The minimum atomic E-state index is -2.07. The van der Waals surface area contributed by atoms with Crippen molar-refractivity contribution in [2.75, 3.05) is 59.2 Å². The molecule has 1 spiro atoms. The van der Waals surface area contributed by atoms with Gasteiger partial charge in [0.05, 0.1) is 51.1 Å². The summed E-state index contributed by atoms with van der Waals surface area (Å²) in [5.74, 6) is 4.36. The molecule has 6 unspecified atom stereocenters. The fraction of sp³-hybridized carbons (Fsp3) is 0.390. The zero-order chi connectivity index (χ0) is 51.6. The van der Waals surface area contributed by atoms with Crippen molar-refractivity contribution < 1.29 is 57.8 Å². The van der Waals surface area contributed by atoms with E-state index in [9.17, 15) is 15.0 Å². The highest BCUT2D eigenvalue weighted by Crippen LogP contribution is 2.66. The monoisotopic (exact) mass is 1000 g/mol. The van der Waals surface area contributed by atoms with Gasteiger partial charge >= 0.3 is 12.1 Å². The number of ether oxygens (including phenoxy) is 6. The highest BCUT2D eigenvalue weighted by Gasteiger charge is 2.76. The number of aliphatic hydroxyl groups excluding tert-OH is 1. The highest BCUT2D eigenvalue weighted by molar-refractivity contribution is 6.23. The predicted octanol–water partition coefficient (Wildman–Crippen LogP) is 7.55. The van der Waals surface area contributed by atoms with Gasteiger partial charge < -0.3 is 43.5 Å². The molecule has 1 saturated carbocycles. The summed E-state index contributed by atoms with van der Waals surface area (Å²) in [5.41, 5.74) is 1.28. The van der Waals surface area contributed by atoms with Crippen LogP contribution in [0.4, 0.5) is 10.5 Å². The van der Waals surface area contributed by atoms with Gasteiger partial charge in [0.2, 0.25) is 11.8 Å². The van der Waals surface area contributed by atoms with Gasteiger partial charge in [0.1, 0.15) is 42.1 Å². The van der Waals surface area contributed by atoms with Crippen LogP contribution in [0.1, 0.15) is 95.7 Å². The lowest BCUT2D eigenvalue weighted by atomic mass is 9.64. The molecule has 4 heterocycles. The summed E-state index contributed by atoms with van der Waals surface area (Å²) < 4.78 is 34.9. The van der Waals surface area contributed by atoms with Crippen LogP contribution in [-0.4, -0.2) is 110 Å². The number of carbonyl (C=O) groups excluding carboxylic acids is 4. The van der Waals surface area contributed by atoms with E-state index in [-0.39, 0.29) is 50.8 Å². The fourth-order valence-electron chi connectivity index (χ4n) is 12.0. The third kappa shape index (κ3) is 9.04. The van der Waals surface area contributed by atoms with Gasteiger partial charge in [-0.1, -0.05) is 97.5 Å². The van der Waals surface area contributed by atoms with Crippen LogP contribution in [0.25, 0.3) is 0 Å². The lowest BCUT2D eigenvalue weighted by molar-refractivity contribution is -0.179. The first kappa shape index (κ1) is 50.3. The number of rotatable bonds is 12. The highest BCUT2D eigenvalue weighted by atomic mass is 16.6. The maximum atomic E-state index is 16.7. The van der Waals surface area contributed by atoms with Crippen molar-refractivity contribution >= 4 is 29.6 Å². The average molecular weight is 1000 g/mol. The Morgan fingerprint density at radius 1 is 0.757 bits per heavy atom. The van der Waals surface area contributed by atoms with E-state index in [1.165, 1.54) is 7.11 Å². The van der Waals surface area contributed by atoms with Crippen molar-refractivity contribution in [2.45, 2.75) is 86.7 Å². The molecular weight excluding hydrogens is 943 g/mol. The second-order valence-electron chi connectivity index (χ2n) is 19.6. The summed E-state index contributed by atoms with van der Waals surface area (Å²) in [7, 11) is 4.58. The van der Waals surface area contributed by atoms with Crippen molar-refractivity contribution in [1.82, 2.24) is 9.80 Å². The van der Waals surface area contributed by atoms with Gasteiger partial charge in [0, 0.05) is 25.8 Å². The van der Waals surface area contributed by atoms with Gasteiger partial charge in [-0.05, 0) is 108 Å². The van der Waals surface area contributed by atoms with Crippen LogP contribution in [-0.2, 0) is 47.0 Å². The fourth-order valence-corrected chi connectivity index (χ4v) is 12.0. The van der Waals surface area contributed by atoms with Gasteiger partial charge in [-0.3, -0.25) is 19.3 Å². The van der Waals surface area contributed by atoms with E-state index in [0.717, 1.165) is 47.3 Å². The van der Waals surface area contributed by atoms with Crippen molar-refractivity contribution in [1.29, 1.82) is 0 Å². The molecule has 2 N–H and O–H groups in total. The van der Waals surface area contributed by atoms with E-state index in [1.54, 1.807) is 61.6 Å². The molecule has 5 aliphatic rings. The smallest absolute Gasteiger partial charge is 0.421 e. The van der Waals surface area contributed by atoms with E-state index >= 15 is 14.4 Å². The van der Waals surface area contributed by atoms with Gasteiger partial charge in [-0.2, -0.15) is 0 Å². The van der Waals surface area contributed by atoms with Crippen molar-refractivity contribution in [3.05, 3.63) is 154 Å². The van der Waals surface area contributed by atoms with Crippen LogP contribution < -0.4 is 19.1 Å². The Bertz CT molecular complexity index is 2950. The normalized spacial score (nSPS) is 23.9. The summed E-state index contributed by atoms with van der Waals surface area (Å²) in [6.45, 7) is 0.00180. The summed E-state index contributed by atoms with van der Waals surface area (Å²) in [6, 6.07) is 31.5. The largest absolute Gasteiger partial charge is 0.493 e. The van der Waals surface area contributed by atoms with Crippen molar-refractivity contribution in [2.24, 2.45) is 5.92 Å². The number of benzene rings is 5. The molecule has 3 fully saturated rings. The SMILES string of the molecule is COCCOC(=O)N1C(=O)C2(c3cc(C#CC4(O)CCCCCC4)ccc31)C(C(=O)N1CCc3cc(OC)c(OC)cc3C1)C1C(=O)OC(c3ccccc3)C(c3ccccc3)N1C2c1ccc(OCCO)cc1. The van der Waals surface area contributed by atoms with E-state index in [4.69, 9.17) is 28.4 Å². The molecule has 15 heteroatoms. The molecule has 5 aromatic rings. The molecular formula is C59H61N3O12. The Labute approximate surface area is 430 Å². The molecule has 6 atom stereocenters. The van der Waals surface area contributed by atoms with Gasteiger partial charge in [-0.25, -0.2) is 9.69 Å². The minimum Gasteiger partial charge on any atom is -0.493 e. The van der Waals surface area contributed by atoms with Crippen LogP contribution >= 0.6 is 0 Å². The Morgan fingerprint density at radius 2 is 1.43 bits per heavy atom. The Hall–Kier alpha value is -7.22. The van der Waals surface area contributed by atoms with Crippen LogP contribution in [0.2, 0.25) is 0 Å². The third-order valence-corrected chi connectivity index (χ3v) is 15.4. The Kier molecular flexibility index (Phi) is 14.5. The number of hydrogen-bond donors (Lipinski definition) is 2. The number of methoxy groups -OCH3 is 3. The van der Waals surface area contributed by atoms with Crippen molar-refractivity contribution in [3.63, 3.8) is 0 Å². The first-order valence-electron chi connectivity index (χ1n) is 25.4. The summed E-state index contributed by atoms with van der Waals surface area (Å²) >= 11 is 0. The number of esters is 1. The number of carbonyl (C=O) groups is 4. The lowest BCUT2D eigenvalue weighted by Gasteiger charge is -2.46. The molecule has 74 heavy (non-hydrogen) atoms. The molecule has 10 rings (SSSR count). The number of aliphatic hydroxyl groups is 2. The molecule has 0 radical (unpaired) electrons. The number of fused-ring (bicyclic) bond motifs is 4. The molecule has 0 aromatic heterocycles. The first-order chi connectivity index (χ1) is 36.0. The molecule has 3 amide bonds. The number of anilines is 1. The number of cyclic esters (lactones) is 1. The number of amides is 3. The second kappa shape index (κ2) is 21.3. The lowest BCUT2D eigenvalue weighted by Crippen LogP contribution is -2.57. The molecule has 2 saturated heterocycles. The van der Waals surface area contributed by atoms with E-state index in [1.807, 2.05) is 77.7 Å². The van der Waals surface area contributed by atoms with Gasteiger partial charge in [-0.15, -0.1) is 0 Å². The maximum Gasteiger partial charge on any atom is 0.421 e. The molecule has 4 aliphatic heterocycles. The van der Waals surface area contributed by atoms with Crippen molar-refractivity contribution in [3.8, 4) is 29.1 Å². The van der Waals surface area contributed by atoms with Gasteiger partial charge in [0.15, 0.2) is 11.5 Å². The summed E-state index contributed by atoms with van der Waals surface area (Å²) in [6.07, 6.45) is 3.14. The molecule has 384 valence electrons. The first-order valence-corrected chi connectivity index (χ1v) is 25.4. The Balaban J connectivity index is 1.26. The molecule has 1 aliphatic carbocycles. The number of nitrogens with zero attached hydrogens (tertiary/aromatic N) is 3. The summed E-state index contributed by atoms with van der Waals surface area (Å²) in [5, 5.41) is 21.5. The number of morpholine rings is 1. The average Bonchev–Trinajstić information content (AvgIpc) is 3.85. The van der Waals surface area contributed by atoms with E-state index in [0.29, 0.717) is 53.2 Å². The zero-order valence-corrected chi connectivity index (χ0v) is 41.9. The van der Waals surface area contributed by atoms with Crippen LogP contribution in [0.15, 0.2) is 115 Å². The number of hydrogen-bond acceptors (Lipinski definition) is 13. The molecule has 5 aromatic carbocycles. The topological polar surface area (TPSA) is 174 Å². The maximum absolute atomic E-state index is 16.7. The summed E-state index contributed by atoms with van der Waals surface area (Å²) in [4.78, 5) is 68.4. The van der Waals surface area contributed by atoms with Gasteiger partial charge in [0.25, 0.3) is 0 Å². The standard InChI is InChI=1S/C59H61N3O12/c1-69-32-33-73-57(67)61-46-23-18-38(24-28-58(68)26-12-4-5-13-27-58)34-45(46)59(56(61)66)49(54(64)60-29-25-42-35-47(70-2)48(71-3)36-43(42)37-60)51-55(65)74-52(40-16-10-7-11-17-40)50(39-14-8-6-9-15-39)62(51)53(59)41-19-21-44(22-20-41)72-31-30-63/h6-11,14-23,34-36,49-53,63,68H,4-5,12-13,25-27,29-33,37H2,1-3H3. The molecule has 15 nitrogen and oxygen atoms in total. The van der Waals surface area contributed by atoms with Crippen LogP contribution in [0, 0.1) is 17.8 Å². The van der Waals surface area contributed by atoms with E-state index in [2.05, 4.69) is 11.8 Å². The number of imide groups is 1. The Morgan fingerprint density at radius 3 is 2.09 bits per heavy atom.